The van der Waals surface area contributed by atoms with Crippen molar-refractivity contribution in [3.8, 4) is 0 Å². The molecular formula is C37H33O9PS. The van der Waals surface area contributed by atoms with E-state index in [0.717, 1.165) is 26.4 Å². The molecule has 0 spiro atoms. The second-order valence-electron chi connectivity index (χ2n) is 10.8. The minimum absolute atomic E-state index is 0.0465. The van der Waals surface area contributed by atoms with Crippen LogP contribution in [-0.4, -0.2) is 47.7 Å². The van der Waals surface area contributed by atoms with E-state index in [4.69, 9.17) is 18.2 Å². The normalized spacial score (nSPS) is 12.3. The fourth-order valence-corrected chi connectivity index (χ4v) is 14.4. The summed E-state index contributed by atoms with van der Waals surface area (Å²) in [6.45, 7) is -4.67. The summed E-state index contributed by atoms with van der Waals surface area (Å²) in [7, 11) is -1.23. The van der Waals surface area contributed by atoms with Crippen molar-refractivity contribution in [2.24, 2.45) is 0 Å². The third-order valence-corrected chi connectivity index (χ3v) is 16.1. The molecule has 0 N–H and O–H groups in total. The maximum absolute atomic E-state index is 14.9. The van der Waals surface area contributed by atoms with Crippen molar-refractivity contribution in [2.75, 3.05) is 21.3 Å². The molecule has 0 radical (unpaired) electrons. The molecule has 0 aromatic heterocycles. The van der Waals surface area contributed by atoms with Gasteiger partial charge in [-0.15, -0.1) is 0 Å². The van der Waals surface area contributed by atoms with Gasteiger partial charge in [0.2, 0.25) is 0 Å². The molecule has 246 valence electrons. The predicted molar refractivity (Wildman–Crippen MR) is 184 cm³/mol. The van der Waals surface area contributed by atoms with Gasteiger partial charge in [0, 0.05) is 0 Å². The third-order valence-electron chi connectivity index (χ3n) is 8.07. The standard InChI is InChI=1S/C37H33O9PS/c1-43-35(38)28-21-19-27(20-22-28)26-47(31-13-7-4-8-14-31,32-15-9-5-10-16-32,33-17-11-6-12-18-33)46-48(41,42)34-24-29(36(39)44-2)23-30(25-34)37(40)45-3/h4-25H,26H2,1-3H3. The summed E-state index contributed by atoms with van der Waals surface area (Å²) in [5, 5.41) is 1.79. The zero-order chi connectivity index (χ0) is 34.4. The molecule has 5 aromatic carbocycles. The first-order chi connectivity index (χ1) is 23.1. The quantitative estimate of drug-likeness (QED) is 0.102. The molecule has 0 aliphatic carbocycles. The maximum atomic E-state index is 14.9. The van der Waals surface area contributed by atoms with E-state index in [1.165, 1.54) is 13.2 Å². The summed E-state index contributed by atoms with van der Waals surface area (Å²) in [6, 6.07) is 37.5. The SMILES string of the molecule is COC(=O)c1ccc(CP(OS(=O)(=O)c2cc(C(=O)OC)cc(C(=O)OC)c2)(c2ccccc2)(c2ccccc2)c2ccccc2)cc1. The molecule has 0 saturated heterocycles. The summed E-state index contributed by atoms with van der Waals surface area (Å²) in [4.78, 5) is 37.2. The number of hydrogen-bond acceptors (Lipinski definition) is 9. The molecule has 0 saturated carbocycles. The van der Waals surface area contributed by atoms with Crippen LogP contribution < -0.4 is 15.9 Å². The van der Waals surface area contributed by atoms with Crippen LogP contribution in [0, 0.1) is 0 Å². The fraction of sp³-hybridized carbons (Fsp3) is 0.108. The molecule has 0 aliphatic heterocycles. The number of carbonyl (C=O) groups excluding carboxylic acids is 3. The van der Waals surface area contributed by atoms with Crippen LogP contribution in [0.3, 0.4) is 0 Å². The second kappa shape index (κ2) is 13.9. The summed E-state index contributed by atoms with van der Waals surface area (Å²) in [5.74, 6) is -2.22. The minimum atomic E-state index is -4.83. The Labute approximate surface area is 279 Å². The number of carbonyl (C=O) groups is 3. The molecule has 0 fully saturated rings. The molecule has 0 aliphatic rings. The molecule has 0 atom stereocenters. The molecule has 0 bridgehead atoms. The Morgan fingerprint density at radius 1 is 0.521 bits per heavy atom. The van der Waals surface area contributed by atoms with Gasteiger partial charge in [0.25, 0.3) is 0 Å². The molecule has 11 heteroatoms. The van der Waals surface area contributed by atoms with Crippen molar-refractivity contribution >= 4 is 50.8 Å². The Hall–Kier alpha value is -5.15. The van der Waals surface area contributed by atoms with Crippen LogP contribution in [0.4, 0.5) is 0 Å². The molecule has 0 amide bonds. The second-order valence-corrected chi connectivity index (χ2v) is 17.1. The number of methoxy groups -OCH3 is 3. The van der Waals surface area contributed by atoms with E-state index >= 15 is 0 Å². The van der Waals surface area contributed by atoms with Crippen molar-refractivity contribution in [1.29, 1.82) is 0 Å². The van der Waals surface area contributed by atoms with E-state index < -0.39 is 39.8 Å². The Morgan fingerprint density at radius 2 is 0.896 bits per heavy atom. The zero-order valence-electron chi connectivity index (χ0n) is 26.4. The van der Waals surface area contributed by atoms with Crippen LogP contribution in [-0.2, 0) is 34.5 Å². The van der Waals surface area contributed by atoms with E-state index in [2.05, 4.69) is 0 Å². The number of rotatable bonds is 11. The van der Waals surface area contributed by atoms with Crippen molar-refractivity contribution in [3.63, 3.8) is 0 Å². The van der Waals surface area contributed by atoms with E-state index in [-0.39, 0.29) is 17.3 Å². The van der Waals surface area contributed by atoms with Crippen molar-refractivity contribution in [2.45, 2.75) is 11.1 Å². The van der Waals surface area contributed by atoms with Crippen LogP contribution in [0.2, 0.25) is 0 Å². The number of hydrogen-bond donors (Lipinski definition) is 0. The van der Waals surface area contributed by atoms with E-state index in [1.54, 1.807) is 24.3 Å². The van der Waals surface area contributed by atoms with Crippen LogP contribution in [0.25, 0.3) is 0 Å². The summed E-state index contributed by atoms with van der Waals surface area (Å²) in [5.41, 5.74) is 0.635. The molecular weight excluding hydrogens is 651 g/mol. The summed E-state index contributed by atoms with van der Waals surface area (Å²) in [6.07, 6.45) is 0.0465. The third kappa shape index (κ3) is 6.25. The van der Waals surface area contributed by atoms with Crippen LogP contribution in [0.5, 0.6) is 0 Å². The first-order valence-electron chi connectivity index (χ1n) is 14.7. The van der Waals surface area contributed by atoms with Gasteiger partial charge in [0.05, 0.1) is 0 Å². The average Bonchev–Trinajstić information content (AvgIpc) is 3.14. The summed E-state index contributed by atoms with van der Waals surface area (Å²) < 4.78 is 51.4. The van der Waals surface area contributed by atoms with Gasteiger partial charge in [-0.25, -0.2) is 0 Å². The van der Waals surface area contributed by atoms with Gasteiger partial charge in [-0.05, 0) is 0 Å². The predicted octanol–water partition coefficient (Wildman–Crippen LogP) is 5.40. The first kappa shape index (κ1) is 34.2. The van der Waals surface area contributed by atoms with Gasteiger partial charge in [-0.3, -0.25) is 0 Å². The van der Waals surface area contributed by atoms with Crippen molar-refractivity contribution < 1.29 is 41.0 Å². The van der Waals surface area contributed by atoms with Gasteiger partial charge in [-0.2, -0.15) is 0 Å². The Balaban J connectivity index is 1.90. The first-order valence-corrected chi connectivity index (χ1v) is 18.5. The van der Waals surface area contributed by atoms with Crippen molar-refractivity contribution in [1.82, 2.24) is 0 Å². The van der Waals surface area contributed by atoms with Gasteiger partial charge >= 0.3 is 280 Å². The zero-order valence-corrected chi connectivity index (χ0v) is 28.1. The van der Waals surface area contributed by atoms with E-state index in [0.29, 0.717) is 27.0 Å². The topological polar surface area (TPSA) is 122 Å². The van der Waals surface area contributed by atoms with Gasteiger partial charge in [-0.1, -0.05) is 0 Å². The Kier molecular flexibility index (Phi) is 9.91. The van der Waals surface area contributed by atoms with Gasteiger partial charge in [0.15, 0.2) is 0 Å². The van der Waals surface area contributed by atoms with Crippen LogP contribution in [0.1, 0.15) is 36.6 Å². The Morgan fingerprint density at radius 3 is 1.27 bits per heavy atom. The fourth-order valence-electron chi connectivity index (χ4n) is 5.79. The number of esters is 3. The molecule has 48 heavy (non-hydrogen) atoms. The van der Waals surface area contributed by atoms with Gasteiger partial charge < -0.3 is 0 Å². The Bertz CT molecular complexity index is 1920. The molecule has 9 nitrogen and oxygen atoms in total. The number of benzene rings is 5. The van der Waals surface area contributed by atoms with Gasteiger partial charge in [0.1, 0.15) is 0 Å². The van der Waals surface area contributed by atoms with E-state index in [9.17, 15) is 22.8 Å². The molecule has 5 rings (SSSR count). The van der Waals surface area contributed by atoms with Crippen LogP contribution in [0.15, 0.2) is 138 Å². The molecule has 5 aromatic rings. The average molecular weight is 685 g/mol. The number of ether oxygens (including phenoxy) is 3. The monoisotopic (exact) mass is 684 g/mol. The molecule has 0 heterocycles. The van der Waals surface area contributed by atoms with Crippen LogP contribution >= 0.6 is 6.83 Å². The van der Waals surface area contributed by atoms with Crippen molar-refractivity contribution in [3.05, 3.63) is 156 Å². The van der Waals surface area contributed by atoms with E-state index in [1.807, 2.05) is 91.0 Å². The summed E-state index contributed by atoms with van der Waals surface area (Å²) >= 11 is 0. The molecule has 0 unspecified atom stereocenters.